The van der Waals surface area contributed by atoms with Gasteiger partial charge in [0, 0.05) is 24.8 Å². The standard InChI is InChI=1S/C11H19N3O2/c1-7(12-9(3)11(15)16-5)10-6-14(4)13-8(10)2/h6-7,9,12H,1-5H3. The molecule has 0 amide bonds. The number of nitrogens with one attached hydrogen (secondary N) is 1. The molecule has 5 heteroatoms. The van der Waals surface area contributed by atoms with E-state index in [9.17, 15) is 4.79 Å². The first kappa shape index (κ1) is 12.7. The first-order valence-electron chi connectivity index (χ1n) is 5.29. The van der Waals surface area contributed by atoms with E-state index < -0.39 is 0 Å². The van der Waals surface area contributed by atoms with Gasteiger partial charge in [0.1, 0.15) is 6.04 Å². The number of aromatic nitrogens is 2. The molecule has 1 rings (SSSR count). The highest BCUT2D eigenvalue weighted by molar-refractivity contribution is 5.75. The number of esters is 1. The van der Waals surface area contributed by atoms with Gasteiger partial charge in [-0.1, -0.05) is 0 Å². The number of rotatable bonds is 4. The van der Waals surface area contributed by atoms with Gasteiger partial charge in [0.25, 0.3) is 0 Å². The first-order chi connectivity index (χ1) is 7.45. The van der Waals surface area contributed by atoms with Crippen molar-refractivity contribution < 1.29 is 9.53 Å². The zero-order valence-corrected chi connectivity index (χ0v) is 10.4. The molecule has 0 bridgehead atoms. The zero-order valence-electron chi connectivity index (χ0n) is 10.4. The summed E-state index contributed by atoms with van der Waals surface area (Å²) in [5.74, 6) is -0.256. The van der Waals surface area contributed by atoms with Gasteiger partial charge < -0.3 is 4.74 Å². The molecule has 2 unspecified atom stereocenters. The van der Waals surface area contributed by atoms with Crippen LogP contribution in [0.25, 0.3) is 0 Å². The lowest BCUT2D eigenvalue weighted by molar-refractivity contribution is -0.142. The smallest absolute Gasteiger partial charge is 0.322 e. The minimum atomic E-state index is -0.320. The van der Waals surface area contributed by atoms with Crippen LogP contribution in [0, 0.1) is 6.92 Å². The Hall–Kier alpha value is -1.36. The van der Waals surface area contributed by atoms with Gasteiger partial charge in [-0.25, -0.2) is 0 Å². The van der Waals surface area contributed by atoms with E-state index in [1.54, 1.807) is 11.6 Å². The third-order valence-corrected chi connectivity index (χ3v) is 2.57. The Morgan fingerprint density at radius 3 is 2.62 bits per heavy atom. The van der Waals surface area contributed by atoms with E-state index in [4.69, 9.17) is 0 Å². The monoisotopic (exact) mass is 225 g/mol. The molecule has 0 saturated heterocycles. The molecular weight excluding hydrogens is 206 g/mol. The molecule has 2 atom stereocenters. The van der Waals surface area contributed by atoms with E-state index in [1.165, 1.54) is 7.11 Å². The van der Waals surface area contributed by atoms with Gasteiger partial charge in [0.2, 0.25) is 0 Å². The Labute approximate surface area is 95.8 Å². The van der Waals surface area contributed by atoms with Crippen LogP contribution in [0.1, 0.15) is 31.1 Å². The maximum absolute atomic E-state index is 11.3. The third-order valence-electron chi connectivity index (χ3n) is 2.57. The number of nitrogens with zero attached hydrogens (tertiary/aromatic N) is 2. The summed E-state index contributed by atoms with van der Waals surface area (Å²) < 4.78 is 6.43. The Morgan fingerprint density at radius 2 is 2.19 bits per heavy atom. The summed E-state index contributed by atoms with van der Waals surface area (Å²) in [5.41, 5.74) is 2.07. The van der Waals surface area contributed by atoms with Crippen LogP contribution in [0.3, 0.4) is 0 Å². The van der Waals surface area contributed by atoms with Gasteiger partial charge >= 0.3 is 5.97 Å². The van der Waals surface area contributed by atoms with Crippen LogP contribution in [0.5, 0.6) is 0 Å². The van der Waals surface area contributed by atoms with E-state index in [0.717, 1.165) is 11.3 Å². The third kappa shape index (κ3) is 2.82. The average molecular weight is 225 g/mol. The topological polar surface area (TPSA) is 56.1 Å². The van der Waals surface area contributed by atoms with Crippen LogP contribution < -0.4 is 5.32 Å². The molecule has 0 aliphatic rings. The lowest BCUT2D eigenvalue weighted by atomic mass is 10.1. The summed E-state index contributed by atoms with van der Waals surface area (Å²) in [4.78, 5) is 11.3. The van der Waals surface area contributed by atoms with Crippen molar-refractivity contribution in [3.05, 3.63) is 17.5 Å². The zero-order chi connectivity index (χ0) is 12.3. The fourth-order valence-corrected chi connectivity index (χ4v) is 1.75. The number of methoxy groups -OCH3 is 1. The fraction of sp³-hybridized carbons (Fsp3) is 0.636. The molecule has 1 aromatic rings. The second kappa shape index (κ2) is 5.12. The molecule has 1 N–H and O–H groups in total. The Balaban J connectivity index is 2.68. The van der Waals surface area contributed by atoms with Crippen LogP contribution in [0.2, 0.25) is 0 Å². The Kier molecular flexibility index (Phi) is 4.06. The molecule has 90 valence electrons. The van der Waals surface area contributed by atoms with Gasteiger partial charge in [-0.3, -0.25) is 14.8 Å². The van der Waals surface area contributed by atoms with Crippen molar-refractivity contribution in [2.24, 2.45) is 7.05 Å². The minimum Gasteiger partial charge on any atom is -0.468 e. The van der Waals surface area contributed by atoms with Gasteiger partial charge in [-0.05, 0) is 20.8 Å². The maximum Gasteiger partial charge on any atom is 0.322 e. The maximum atomic E-state index is 11.3. The molecule has 5 nitrogen and oxygen atoms in total. The molecule has 0 radical (unpaired) electrons. The van der Waals surface area contributed by atoms with E-state index >= 15 is 0 Å². The summed E-state index contributed by atoms with van der Waals surface area (Å²) in [6.07, 6.45) is 1.96. The Bertz CT molecular complexity index is 373. The van der Waals surface area contributed by atoms with Crippen molar-refractivity contribution in [2.75, 3.05) is 7.11 Å². The molecule has 1 heterocycles. The molecule has 0 spiro atoms. The highest BCUT2D eigenvalue weighted by Crippen LogP contribution is 2.16. The van der Waals surface area contributed by atoms with Gasteiger partial charge in [0.05, 0.1) is 12.8 Å². The number of carbonyl (C=O) groups is 1. The van der Waals surface area contributed by atoms with Crippen molar-refractivity contribution in [1.82, 2.24) is 15.1 Å². The predicted molar refractivity (Wildman–Crippen MR) is 61.0 cm³/mol. The second-order valence-electron chi connectivity index (χ2n) is 3.98. The van der Waals surface area contributed by atoms with Crippen LogP contribution in [0.4, 0.5) is 0 Å². The predicted octanol–water partition coefficient (Wildman–Crippen LogP) is 0.941. The summed E-state index contributed by atoms with van der Waals surface area (Å²) in [7, 11) is 3.27. The van der Waals surface area contributed by atoms with E-state index in [2.05, 4.69) is 15.2 Å². The number of carbonyl (C=O) groups excluding carboxylic acids is 1. The van der Waals surface area contributed by atoms with Gasteiger partial charge in [-0.15, -0.1) is 0 Å². The van der Waals surface area contributed by atoms with Gasteiger partial charge in [-0.2, -0.15) is 5.10 Å². The van der Waals surface area contributed by atoms with E-state index in [-0.39, 0.29) is 18.1 Å². The Morgan fingerprint density at radius 1 is 1.56 bits per heavy atom. The molecular formula is C11H19N3O2. The van der Waals surface area contributed by atoms with Crippen LogP contribution in [0.15, 0.2) is 6.20 Å². The van der Waals surface area contributed by atoms with E-state index in [0.29, 0.717) is 0 Å². The highest BCUT2D eigenvalue weighted by atomic mass is 16.5. The molecule has 0 aliphatic carbocycles. The molecule has 0 aliphatic heterocycles. The fourth-order valence-electron chi connectivity index (χ4n) is 1.75. The van der Waals surface area contributed by atoms with Crippen molar-refractivity contribution in [3.63, 3.8) is 0 Å². The van der Waals surface area contributed by atoms with Crippen molar-refractivity contribution in [2.45, 2.75) is 32.9 Å². The number of hydrogen-bond donors (Lipinski definition) is 1. The quantitative estimate of drug-likeness (QED) is 0.775. The minimum absolute atomic E-state index is 0.0720. The molecule has 0 fully saturated rings. The summed E-state index contributed by atoms with van der Waals surface area (Å²) in [6.45, 7) is 5.74. The summed E-state index contributed by atoms with van der Waals surface area (Å²) >= 11 is 0. The first-order valence-corrected chi connectivity index (χ1v) is 5.29. The lowest BCUT2D eigenvalue weighted by Gasteiger charge is -2.17. The number of hydrogen-bond acceptors (Lipinski definition) is 4. The van der Waals surface area contributed by atoms with Crippen LogP contribution >= 0.6 is 0 Å². The largest absolute Gasteiger partial charge is 0.468 e. The van der Waals surface area contributed by atoms with Gasteiger partial charge in [0.15, 0.2) is 0 Å². The van der Waals surface area contributed by atoms with Crippen molar-refractivity contribution in [1.29, 1.82) is 0 Å². The second-order valence-corrected chi connectivity index (χ2v) is 3.98. The van der Waals surface area contributed by atoms with Crippen LogP contribution in [-0.4, -0.2) is 28.9 Å². The molecule has 0 saturated carbocycles. The average Bonchev–Trinajstić information content (AvgIpc) is 2.56. The van der Waals surface area contributed by atoms with Crippen molar-refractivity contribution in [3.8, 4) is 0 Å². The molecule has 16 heavy (non-hydrogen) atoms. The molecule has 1 aromatic heterocycles. The normalized spacial score (nSPS) is 14.6. The number of ether oxygens (including phenoxy) is 1. The lowest BCUT2D eigenvalue weighted by Crippen LogP contribution is -2.36. The SMILES string of the molecule is COC(=O)C(C)NC(C)c1cn(C)nc1C. The highest BCUT2D eigenvalue weighted by Gasteiger charge is 2.18. The van der Waals surface area contributed by atoms with Crippen molar-refractivity contribution >= 4 is 5.97 Å². The van der Waals surface area contributed by atoms with E-state index in [1.807, 2.05) is 27.1 Å². The number of aryl methyl sites for hydroxylation is 2. The summed E-state index contributed by atoms with van der Waals surface area (Å²) in [6, 6.07) is -0.248. The summed E-state index contributed by atoms with van der Waals surface area (Å²) in [5, 5.41) is 7.44. The van der Waals surface area contributed by atoms with Crippen LogP contribution in [-0.2, 0) is 16.6 Å². The molecule has 0 aromatic carbocycles.